The molecule has 0 aliphatic carbocycles. The Balaban J connectivity index is 2.02. The second-order valence-corrected chi connectivity index (χ2v) is 6.77. The summed E-state index contributed by atoms with van der Waals surface area (Å²) in [4.78, 5) is 13.5. The SMILES string of the molecule is CCC(=O)N1N=C(c2cc(OC)c(OC)c(OC)c2)C[C@H]1c1cccs1. The van der Waals surface area contributed by atoms with Crippen LogP contribution in [0.1, 0.15) is 36.2 Å². The minimum atomic E-state index is -0.0726. The van der Waals surface area contributed by atoms with E-state index in [1.165, 1.54) is 0 Å². The first-order valence-corrected chi connectivity index (χ1v) is 9.24. The maximum absolute atomic E-state index is 12.4. The molecule has 26 heavy (non-hydrogen) atoms. The average molecular weight is 374 g/mol. The van der Waals surface area contributed by atoms with Gasteiger partial charge in [-0.15, -0.1) is 11.3 Å². The number of carbonyl (C=O) groups is 1. The lowest BCUT2D eigenvalue weighted by Crippen LogP contribution is -2.25. The zero-order valence-electron chi connectivity index (χ0n) is 15.3. The highest BCUT2D eigenvalue weighted by Crippen LogP contribution is 2.41. The largest absolute Gasteiger partial charge is 0.493 e. The third-order valence-electron chi connectivity index (χ3n) is 4.34. The Hall–Kier alpha value is -2.54. The van der Waals surface area contributed by atoms with Gasteiger partial charge in [0.25, 0.3) is 0 Å². The molecule has 6 nitrogen and oxygen atoms in total. The van der Waals surface area contributed by atoms with Gasteiger partial charge < -0.3 is 14.2 Å². The number of nitrogens with zero attached hydrogens (tertiary/aromatic N) is 2. The fraction of sp³-hybridized carbons (Fsp3) is 0.368. The van der Waals surface area contributed by atoms with Crippen molar-refractivity contribution in [2.45, 2.75) is 25.8 Å². The number of carbonyl (C=O) groups excluding carboxylic acids is 1. The zero-order valence-corrected chi connectivity index (χ0v) is 16.1. The van der Waals surface area contributed by atoms with Gasteiger partial charge in [0.15, 0.2) is 11.5 Å². The third kappa shape index (κ3) is 3.26. The lowest BCUT2D eigenvalue weighted by Gasteiger charge is -2.19. The van der Waals surface area contributed by atoms with Crippen molar-refractivity contribution in [3.8, 4) is 17.2 Å². The van der Waals surface area contributed by atoms with Crippen molar-refractivity contribution >= 4 is 23.0 Å². The first kappa shape index (κ1) is 18.3. The number of hydrogen-bond acceptors (Lipinski definition) is 6. The third-order valence-corrected chi connectivity index (χ3v) is 5.31. The second kappa shape index (κ2) is 7.78. The Bertz CT molecular complexity index is 792. The summed E-state index contributed by atoms with van der Waals surface area (Å²) in [6.45, 7) is 1.85. The van der Waals surface area contributed by atoms with Gasteiger partial charge in [-0.2, -0.15) is 5.10 Å². The number of thiophene rings is 1. The van der Waals surface area contributed by atoms with Crippen molar-refractivity contribution in [2.24, 2.45) is 5.10 Å². The van der Waals surface area contributed by atoms with E-state index in [-0.39, 0.29) is 11.9 Å². The van der Waals surface area contributed by atoms with E-state index in [1.54, 1.807) is 37.7 Å². The first-order valence-electron chi connectivity index (χ1n) is 8.36. The number of rotatable bonds is 6. The molecule has 0 bridgehead atoms. The molecule has 0 saturated carbocycles. The summed E-state index contributed by atoms with van der Waals surface area (Å²) >= 11 is 1.63. The lowest BCUT2D eigenvalue weighted by molar-refractivity contribution is -0.132. The monoisotopic (exact) mass is 374 g/mol. The molecule has 3 rings (SSSR count). The number of amides is 1. The summed E-state index contributed by atoms with van der Waals surface area (Å²) in [5, 5.41) is 8.24. The normalized spacial score (nSPS) is 16.4. The smallest absolute Gasteiger partial charge is 0.243 e. The molecule has 1 aromatic carbocycles. The molecular weight excluding hydrogens is 352 g/mol. The minimum Gasteiger partial charge on any atom is -0.493 e. The molecule has 0 radical (unpaired) electrons. The molecule has 1 aliphatic rings. The van der Waals surface area contributed by atoms with Crippen LogP contribution in [0.5, 0.6) is 17.2 Å². The van der Waals surface area contributed by atoms with Crippen LogP contribution in [0.3, 0.4) is 0 Å². The molecule has 0 spiro atoms. The summed E-state index contributed by atoms with van der Waals surface area (Å²) in [6.07, 6.45) is 1.05. The van der Waals surface area contributed by atoms with Gasteiger partial charge in [0.1, 0.15) is 0 Å². The van der Waals surface area contributed by atoms with Crippen LogP contribution in [-0.2, 0) is 4.79 Å². The van der Waals surface area contributed by atoms with Crippen LogP contribution >= 0.6 is 11.3 Å². The molecule has 2 aromatic rings. The predicted octanol–water partition coefficient (Wildman–Crippen LogP) is 3.86. The lowest BCUT2D eigenvalue weighted by atomic mass is 10.0. The Morgan fingerprint density at radius 2 is 1.92 bits per heavy atom. The van der Waals surface area contributed by atoms with Crippen molar-refractivity contribution in [1.29, 1.82) is 0 Å². The van der Waals surface area contributed by atoms with Gasteiger partial charge in [0, 0.05) is 23.3 Å². The highest BCUT2D eigenvalue weighted by molar-refractivity contribution is 7.10. The van der Waals surface area contributed by atoms with Crippen LogP contribution in [0.4, 0.5) is 0 Å². The van der Waals surface area contributed by atoms with Crippen molar-refractivity contribution in [3.05, 3.63) is 40.1 Å². The molecule has 0 saturated heterocycles. The van der Waals surface area contributed by atoms with Gasteiger partial charge in [-0.1, -0.05) is 13.0 Å². The molecule has 1 aromatic heterocycles. The molecule has 0 unspecified atom stereocenters. The Labute approximate surface area is 157 Å². The summed E-state index contributed by atoms with van der Waals surface area (Å²) in [6, 6.07) is 7.69. The van der Waals surface area contributed by atoms with Crippen molar-refractivity contribution in [3.63, 3.8) is 0 Å². The molecule has 1 amide bonds. The zero-order chi connectivity index (χ0) is 18.7. The van der Waals surface area contributed by atoms with Crippen LogP contribution in [0.15, 0.2) is 34.7 Å². The van der Waals surface area contributed by atoms with Gasteiger partial charge in [0.05, 0.1) is 33.1 Å². The fourth-order valence-electron chi connectivity index (χ4n) is 3.03. The van der Waals surface area contributed by atoms with Crippen molar-refractivity contribution < 1.29 is 19.0 Å². The van der Waals surface area contributed by atoms with E-state index in [2.05, 4.69) is 5.10 Å². The van der Waals surface area contributed by atoms with Crippen LogP contribution < -0.4 is 14.2 Å². The minimum absolute atomic E-state index is 0.00541. The second-order valence-electron chi connectivity index (χ2n) is 5.79. The standard InChI is InChI=1S/C19H22N2O4S/c1-5-18(22)21-14(17-7-6-8-26-17)11-13(20-21)12-9-15(23-2)19(25-4)16(10-12)24-3/h6-10,14H,5,11H2,1-4H3/t14-/m0/s1. The van der Waals surface area contributed by atoms with E-state index < -0.39 is 0 Å². The average Bonchev–Trinajstić information content (AvgIpc) is 3.35. The quantitative estimate of drug-likeness (QED) is 0.770. The van der Waals surface area contributed by atoms with Gasteiger partial charge >= 0.3 is 0 Å². The molecule has 1 atom stereocenters. The Morgan fingerprint density at radius 3 is 2.42 bits per heavy atom. The van der Waals surface area contributed by atoms with E-state index in [0.29, 0.717) is 30.1 Å². The van der Waals surface area contributed by atoms with E-state index in [0.717, 1.165) is 16.2 Å². The van der Waals surface area contributed by atoms with Crippen LogP contribution in [0, 0.1) is 0 Å². The number of benzene rings is 1. The van der Waals surface area contributed by atoms with Gasteiger partial charge in [-0.3, -0.25) is 4.79 Å². The summed E-state index contributed by atoms with van der Waals surface area (Å²) < 4.78 is 16.2. The van der Waals surface area contributed by atoms with E-state index in [9.17, 15) is 4.79 Å². The highest BCUT2D eigenvalue weighted by Gasteiger charge is 2.33. The van der Waals surface area contributed by atoms with Gasteiger partial charge in [-0.25, -0.2) is 5.01 Å². The molecule has 0 N–H and O–H groups in total. The summed E-state index contributed by atoms with van der Waals surface area (Å²) in [7, 11) is 4.74. The number of methoxy groups -OCH3 is 3. The van der Waals surface area contributed by atoms with Crippen LogP contribution in [-0.4, -0.2) is 38.0 Å². The molecule has 2 heterocycles. The summed E-state index contributed by atoms with van der Waals surface area (Å²) in [5.41, 5.74) is 1.68. The van der Waals surface area contributed by atoms with Crippen LogP contribution in [0.25, 0.3) is 0 Å². The highest BCUT2D eigenvalue weighted by atomic mass is 32.1. The van der Waals surface area contributed by atoms with Gasteiger partial charge in [0.2, 0.25) is 11.7 Å². The van der Waals surface area contributed by atoms with Gasteiger partial charge in [-0.05, 0) is 23.6 Å². The Kier molecular flexibility index (Phi) is 5.46. The fourth-order valence-corrected chi connectivity index (χ4v) is 3.84. The number of hydrazone groups is 1. The molecular formula is C19H22N2O4S. The van der Waals surface area contributed by atoms with E-state index >= 15 is 0 Å². The molecule has 1 aliphatic heterocycles. The van der Waals surface area contributed by atoms with Crippen molar-refractivity contribution in [2.75, 3.05) is 21.3 Å². The molecule has 7 heteroatoms. The molecule has 138 valence electrons. The maximum atomic E-state index is 12.4. The Morgan fingerprint density at radius 1 is 1.23 bits per heavy atom. The van der Waals surface area contributed by atoms with Crippen LogP contribution in [0.2, 0.25) is 0 Å². The number of ether oxygens (including phenoxy) is 3. The number of hydrogen-bond donors (Lipinski definition) is 0. The van der Waals surface area contributed by atoms with E-state index in [4.69, 9.17) is 14.2 Å². The first-order chi connectivity index (χ1) is 12.6. The van der Waals surface area contributed by atoms with Crippen molar-refractivity contribution in [1.82, 2.24) is 5.01 Å². The molecule has 0 fully saturated rings. The predicted molar refractivity (Wildman–Crippen MR) is 101 cm³/mol. The summed E-state index contributed by atoms with van der Waals surface area (Å²) in [5.74, 6) is 1.68. The topological polar surface area (TPSA) is 60.4 Å². The van der Waals surface area contributed by atoms with E-state index in [1.807, 2.05) is 36.6 Å². The maximum Gasteiger partial charge on any atom is 0.243 e.